The van der Waals surface area contributed by atoms with Crippen molar-refractivity contribution in [2.24, 2.45) is 4.99 Å². The molecular formula is C15H13FN2O3S. The van der Waals surface area contributed by atoms with Gasteiger partial charge in [-0.2, -0.15) is 4.99 Å². The maximum Gasteiger partial charge on any atom is 0.315 e. The molecule has 0 N–H and O–H groups in total. The average molecular weight is 320 g/mol. The van der Waals surface area contributed by atoms with E-state index >= 15 is 0 Å². The molecule has 0 aliphatic rings. The van der Waals surface area contributed by atoms with Crippen LogP contribution in [0.25, 0.3) is 10.2 Å². The molecule has 3 aromatic rings. The van der Waals surface area contributed by atoms with Crippen molar-refractivity contribution in [1.82, 2.24) is 4.57 Å². The second kappa shape index (κ2) is 6.25. The quantitative estimate of drug-likeness (QED) is 0.743. The number of thiazole rings is 1. The summed E-state index contributed by atoms with van der Waals surface area (Å²) in [6.07, 6.45) is 1.42. The molecular weight excluding hydrogens is 307 g/mol. The first kappa shape index (κ1) is 14.7. The number of benzene rings is 1. The fourth-order valence-electron chi connectivity index (χ4n) is 2.07. The summed E-state index contributed by atoms with van der Waals surface area (Å²) in [5, 5.41) is 0. The van der Waals surface area contributed by atoms with Crippen LogP contribution in [0, 0.1) is 5.82 Å². The minimum atomic E-state index is -0.469. The Kier molecular flexibility index (Phi) is 4.17. The summed E-state index contributed by atoms with van der Waals surface area (Å²) in [4.78, 5) is 16.6. The summed E-state index contributed by atoms with van der Waals surface area (Å²) in [5.41, 5.74) is 0.814. The number of hydrogen-bond donors (Lipinski definition) is 0. The van der Waals surface area contributed by atoms with Gasteiger partial charge in [-0.05, 0) is 30.3 Å². The number of amides is 1. The smallest absolute Gasteiger partial charge is 0.315 e. The standard InChI is InChI=1S/C15H13FN2O3S/c1-20-8-6-18-11-5-4-10(16)9-13(11)22-15(18)17-14(19)12-3-2-7-21-12/h2-5,7,9H,6,8H2,1H3. The van der Waals surface area contributed by atoms with E-state index in [1.165, 1.54) is 29.7 Å². The molecule has 2 aromatic heterocycles. The van der Waals surface area contributed by atoms with Crippen molar-refractivity contribution >= 4 is 27.5 Å². The topological polar surface area (TPSA) is 56.7 Å². The number of nitrogens with zero attached hydrogens (tertiary/aromatic N) is 2. The Balaban J connectivity index is 2.12. The predicted molar refractivity (Wildman–Crippen MR) is 80.3 cm³/mol. The summed E-state index contributed by atoms with van der Waals surface area (Å²) < 4.78 is 26.1. The highest BCUT2D eigenvalue weighted by atomic mass is 32.1. The first-order valence-electron chi connectivity index (χ1n) is 6.59. The molecule has 114 valence electrons. The molecule has 1 amide bonds. The van der Waals surface area contributed by atoms with Crippen LogP contribution in [0.5, 0.6) is 0 Å². The van der Waals surface area contributed by atoms with Crippen LogP contribution in [0.2, 0.25) is 0 Å². The Morgan fingerprint density at radius 1 is 1.45 bits per heavy atom. The summed E-state index contributed by atoms with van der Waals surface area (Å²) in [6, 6.07) is 7.67. The zero-order valence-corrected chi connectivity index (χ0v) is 12.6. The Bertz CT molecular complexity index is 865. The van der Waals surface area contributed by atoms with Gasteiger partial charge in [-0.15, -0.1) is 0 Å². The molecule has 0 unspecified atom stereocenters. The Labute approximate surface area is 129 Å². The van der Waals surface area contributed by atoms with Crippen molar-refractivity contribution in [2.45, 2.75) is 6.54 Å². The van der Waals surface area contributed by atoms with Crippen molar-refractivity contribution in [3.05, 3.63) is 53.0 Å². The van der Waals surface area contributed by atoms with E-state index < -0.39 is 5.91 Å². The maximum absolute atomic E-state index is 13.4. The largest absolute Gasteiger partial charge is 0.459 e. The molecule has 1 aromatic carbocycles. The summed E-state index contributed by atoms with van der Waals surface area (Å²) in [5.74, 6) is -0.623. The minimum Gasteiger partial charge on any atom is -0.459 e. The molecule has 5 nitrogen and oxygen atoms in total. The lowest BCUT2D eigenvalue weighted by atomic mass is 10.3. The van der Waals surface area contributed by atoms with Gasteiger partial charge in [-0.3, -0.25) is 4.79 Å². The van der Waals surface area contributed by atoms with E-state index in [0.29, 0.717) is 18.0 Å². The van der Waals surface area contributed by atoms with Crippen LogP contribution in [-0.2, 0) is 11.3 Å². The van der Waals surface area contributed by atoms with Crippen molar-refractivity contribution < 1.29 is 18.3 Å². The highest BCUT2D eigenvalue weighted by molar-refractivity contribution is 7.16. The monoisotopic (exact) mass is 320 g/mol. The SMILES string of the molecule is COCCn1c(=NC(=O)c2ccco2)sc2cc(F)ccc21. The molecule has 0 fully saturated rings. The first-order valence-corrected chi connectivity index (χ1v) is 7.41. The van der Waals surface area contributed by atoms with E-state index in [0.717, 1.165) is 10.2 Å². The van der Waals surface area contributed by atoms with E-state index in [1.54, 1.807) is 25.3 Å². The summed E-state index contributed by atoms with van der Waals surface area (Å²) >= 11 is 1.25. The van der Waals surface area contributed by atoms with Gasteiger partial charge in [0.15, 0.2) is 10.6 Å². The molecule has 0 aliphatic heterocycles. The number of hydrogen-bond acceptors (Lipinski definition) is 4. The van der Waals surface area contributed by atoms with Crippen LogP contribution in [-0.4, -0.2) is 24.2 Å². The second-order valence-electron chi connectivity index (χ2n) is 4.54. The van der Waals surface area contributed by atoms with Crippen LogP contribution in [0.15, 0.2) is 46.0 Å². The Hall–Kier alpha value is -2.25. The van der Waals surface area contributed by atoms with Gasteiger partial charge in [-0.25, -0.2) is 4.39 Å². The molecule has 0 radical (unpaired) electrons. The zero-order valence-electron chi connectivity index (χ0n) is 11.8. The molecule has 22 heavy (non-hydrogen) atoms. The predicted octanol–water partition coefficient (Wildman–Crippen LogP) is 2.82. The van der Waals surface area contributed by atoms with Crippen molar-refractivity contribution in [1.29, 1.82) is 0 Å². The normalized spacial score (nSPS) is 12.2. The number of furan rings is 1. The van der Waals surface area contributed by atoms with E-state index in [-0.39, 0.29) is 11.6 Å². The molecule has 7 heteroatoms. The van der Waals surface area contributed by atoms with Crippen LogP contribution >= 0.6 is 11.3 Å². The van der Waals surface area contributed by atoms with E-state index in [9.17, 15) is 9.18 Å². The summed E-state index contributed by atoms with van der Waals surface area (Å²) in [6.45, 7) is 0.984. The third kappa shape index (κ3) is 2.86. The van der Waals surface area contributed by atoms with E-state index in [4.69, 9.17) is 9.15 Å². The van der Waals surface area contributed by atoms with Crippen LogP contribution in [0.1, 0.15) is 10.6 Å². The number of aromatic nitrogens is 1. The van der Waals surface area contributed by atoms with Crippen LogP contribution in [0.3, 0.4) is 0 Å². The number of ether oxygens (including phenoxy) is 1. The van der Waals surface area contributed by atoms with Gasteiger partial charge in [0.2, 0.25) is 0 Å². The van der Waals surface area contributed by atoms with Gasteiger partial charge < -0.3 is 13.7 Å². The van der Waals surface area contributed by atoms with Crippen molar-refractivity contribution in [3.8, 4) is 0 Å². The second-order valence-corrected chi connectivity index (χ2v) is 5.54. The van der Waals surface area contributed by atoms with Gasteiger partial charge in [0, 0.05) is 13.7 Å². The number of carbonyl (C=O) groups excluding carboxylic acids is 1. The molecule has 2 heterocycles. The molecule has 3 rings (SSSR count). The first-order chi connectivity index (χ1) is 10.7. The van der Waals surface area contributed by atoms with Crippen molar-refractivity contribution in [3.63, 3.8) is 0 Å². The van der Waals surface area contributed by atoms with Gasteiger partial charge in [-0.1, -0.05) is 11.3 Å². The fourth-order valence-corrected chi connectivity index (χ4v) is 3.15. The van der Waals surface area contributed by atoms with Gasteiger partial charge in [0.1, 0.15) is 5.82 Å². The lowest BCUT2D eigenvalue weighted by Gasteiger charge is -2.03. The Morgan fingerprint density at radius 2 is 2.32 bits per heavy atom. The minimum absolute atomic E-state index is 0.168. The number of fused-ring (bicyclic) bond motifs is 1. The molecule has 0 spiro atoms. The molecule has 0 aliphatic carbocycles. The number of halogens is 1. The number of rotatable bonds is 4. The van der Waals surface area contributed by atoms with Crippen LogP contribution < -0.4 is 4.80 Å². The highest BCUT2D eigenvalue weighted by Gasteiger charge is 2.11. The Morgan fingerprint density at radius 3 is 3.05 bits per heavy atom. The molecule has 0 atom stereocenters. The van der Waals surface area contributed by atoms with Gasteiger partial charge in [0.25, 0.3) is 0 Å². The summed E-state index contributed by atoms with van der Waals surface area (Å²) in [7, 11) is 1.60. The van der Waals surface area contributed by atoms with Gasteiger partial charge in [0.05, 0.1) is 23.1 Å². The molecule has 0 bridgehead atoms. The number of carbonyl (C=O) groups is 1. The third-order valence-electron chi connectivity index (χ3n) is 3.09. The number of methoxy groups -OCH3 is 1. The molecule has 0 saturated carbocycles. The molecule has 0 saturated heterocycles. The van der Waals surface area contributed by atoms with E-state index in [1.807, 2.05) is 4.57 Å². The van der Waals surface area contributed by atoms with Crippen molar-refractivity contribution in [2.75, 3.05) is 13.7 Å². The van der Waals surface area contributed by atoms with Gasteiger partial charge >= 0.3 is 5.91 Å². The average Bonchev–Trinajstić information content (AvgIpc) is 3.12. The lowest BCUT2D eigenvalue weighted by Crippen LogP contribution is -2.19. The lowest BCUT2D eigenvalue weighted by molar-refractivity contribution is 0.0971. The maximum atomic E-state index is 13.4. The van der Waals surface area contributed by atoms with Crippen LogP contribution in [0.4, 0.5) is 4.39 Å². The van der Waals surface area contributed by atoms with E-state index in [2.05, 4.69) is 4.99 Å². The fraction of sp³-hybridized carbons (Fsp3) is 0.200. The zero-order chi connectivity index (χ0) is 15.5. The third-order valence-corrected chi connectivity index (χ3v) is 4.13. The highest BCUT2D eigenvalue weighted by Crippen LogP contribution is 2.18.